The first-order chi connectivity index (χ1) is 14.3. The summed E-state index contributed by atoms with van der Waals surface area (Å²) in [6.45, 7) is -0.121. The highest BCUT2D eigenvalue weighted by molar-refractivity contribution is 7.84. The van der Waals surface area contributed by atoms with E-state index in [2.05, 4.69) is 21.6 Å². The lowest BCUT2D eigenvalue weighted by Crippen LogP contribution is -2.34. The molecule has 2 aliphatic carbocycles. The highest BCUT2D eigenvalue weighted by Gasteiger charge is 2.35. The molecule has 4 N–H and O–H groups in total. The smallest absolute Gasteiger partial charge is 0.333 e. The Balaban J connectivity index is 1.42. The molecule has 1 heterocycles. The largest absolute Gasteiger partial charge is 0.393 e. The first kappa shape index (κ1) is 21.2. The van der Waals surface area contributed by atoms with Crippen LogP contribution in [0.2, 0.25) is 0 Å². The van der Waals surface area contributed by atoms with E-state index in [1.807, 2.05) is 18.2 Å². The van der Waals surface area contributed by atoms with E-state index in [-0.39, 0.29) is 30.4 Å². The molecule has 9 heteroatoms. The van der Waals surface area contributed by atoms with Crippen LogP contribution in [0.3, 0.4) is 0 Å². The SMILES string of the molecule is NS(=O)(=O)OC[C@@H]1C[C@@H](CC2=CC(=N[C@H]3CCc4ccccc43)NC(=O)C2)C[C@@H]1O. The van der Waals surface area contributed by atoms with Crippen molar-refractivity contribution in [2.45, 2.75) is 50.7 Å². The minimum atomic E-state index is -4.02. The second kappa shape index (κ2) is 8.58. The lowest BCUT2D eigenvalue weighted by atomic mass is 9.93. The Labute approximate surface area is 176 Å². The third-order valence-corrected chi connectivity index (χ3v) is 6.61. The summed E-state index contributed by atoms with van der Waals surface area (Å²) in [6.07, 6.45) is 5.37. The molecule has 1 aliphatic heterocycles. The number of hydrogen-bond donors (Lipinski definition) is 3. The van der Waals surface area contributed by atoms with E-state index in [0.717, 1.165) is 18.4 Å². The van der Waals surface area contributed by atoms with E-state index >= 15 is 0 Å². The molecule has 1 fully saturated rings. The Morgan fingerprint density at radius 2 is 2.07 bits per heavy atom. The second-order valence-electron chi connectivity index (χ2n) is 8.44. The van der Waals surface area contributed by atoms with E-state index in [4.69, 9.17) is 10.1 Å². The molecule has 1 aromatic rings. The van der Waals surface area contributed by atoms with Gasteiger partial charge in [0.2, 0.25) is 5.91 Å². The van der Waals surface area contributed by atoms with Crippen molar-refractivity contribution < 1.29 is 22.5 Å². The molecule has 0 saturated heterocycles. The highest BCUT2D eigenvalue weighted by atomic mass is 32.2. The summed E-state index contributed by atoms with van der Waals surface area (Å²) in [5.41, 5.74) is 3.51. The number of aryl methyl sites for hydroxylation is 1. The summed E-state index contributed by atoms with van der Waals surface area (Å²) in [5.74, 6) is 0.384. The molecular formula is C21H27N3O5S. The van der Waals surface area contributed by atoms with Crippen LogP contribution in [0.1, 0.15) is 49.3 Å². The number of carbonyl (C=O) groups is 1. The van der Waals surface area contributed by atoms with E-state index in [9.17, 15) is 18.3 Å². The second-order valence-corrected chi connectivity index (χ2v) is 9.66. The van der Waals surface area contributed by atoms with Gasteiger partial charge in [-0.2, -0.15) is 8.42 Å². The zero-order valence-electron chi connectivity index (χ0n) is 16.7. The van der Waals surface area contributed by atoms with E-state index in [1.165, 1.54) is 11.1 Å². The molecule has 1 aromatic carbocycles. The summed E-state index contributed by atoms with van der Waals surface area (Å²) >= 11 is 0. The Morgan fingerprint density at radius 3 is 2.87 bits per heavy atom. The highest BCUT2D eigenvalue weighted by Crippen LogP contribution is 2.37. The van der Waals surface area contributed by atoms with E-state index in [0.29, 0.717) is 31.5 Å². The fraction of sp³-hybridized carbons (Fsp3) is 0.524. The van der Waals surface area contributed by atoms with Crippen molar-refractivity contribution in [1.82, 2.24) is 5.32 Å². The summed E-state index contributed by atoms with van der Waals surface area (Å²) < 4.78 is 26.6. The number of rotatable bonds is 6. The van der Waals surface area contributed by atoms with Gasteiger partial charge in [0.05, 0.1) is 18.8 Å². The van der Waals surface area contributed by atoms with Crippen LogP contribution in [0.5, 0.6) is 0 Å². The third kappa shape index (κ3) is 5.15. The number of benzene rings is 1. The van der Waals surface area contributed by atoms with Gasteiger partial charge in [-0.3, -0.25) is 14.0 Å². The van der Waals surface area contributed by atoms with Crippen molar-refractivity contribution in [2.75, 3.05) is 6.61 Å². The van der Waals surface area contributed by atoms with Crippen LogP contribution in [0.25, 0.3) is 0 Å². The van der Waals surface area contributed by atoms with Crippen molar-refractivity contribution in [3.05, 3.63) is 47.0 Å². The molecule has 4 atom stereocenters. The van der Waals surface area contributed by atoms with Crippen LogP contribution in [0.4, 0.5) is 0 Å². The molecule has 1 amide bonds. The summed E-state index contributed by atoms with van der Waals surface area (Å²) in [4.78, 5) is 17.0. The Bertz CT molecular complexity index is 988. The van der Waals surface area contributed by atoms with Crippen LogP contribution in [-0.2, 0) is 25.7 Å². The van der Waals surface area contributed by atoms with E-state index in [1.54, 1.807) is 0 Å². The third-order valence-electron chi connectivity index (χ3n) is 6.14. The Hall–Kier alpha value is -2.07. The van der Waals surface area contributed by atoms with Gasteiger partial charge in [-0.05, 0) is 55.2 Å². The summed E-state index contributed by atoms with van der Waals surface area (Å²) in [5, 5.41) is 18.0. The number of nitrogens with zero attached hydrogens (tertiary/aromatic N) is 1. The Morgan fingerprint density at radius 1 is 1.27 bits per heavy atom. The van der Waals surface area contributed by atoms with Gasteiger partial charge in [0.15, 0.2) is 0 Å². The van der Waals surface area contributed by atoms with Crippen molar-refractivity contribution in [1.29, 1.82) is 0 Å². The number of fused-ring (bicyclic) bond motifs is 1. The number of aliphatic hydroxyl groups is 1. The molecule has 1 saturated carbocycles. The molecule has 0 unspecified atom stereocenters. The molecule has 3 aliphatic rings. The van der Waals surface area contributed by atoms with Gasteiger partial charge in [-0.1, -0.05) is 29.8 Å². The minimum Gasteiger partial charge on any atom is -0.393 e. The quantitative estimate of drug-likeness (QED) is 0.626. The van der Waals surface area contributed by atoms with Crippen molar-refractivity contribution in [2.24, 2.45) is 22.0 Å². The fourth-order valence-electron chi connectivity index (χ4n) is 4.83. The molecule has 0 aromatic heterocycles. The lowest BCUT2D eigenvalue weighted by molar-refractivity contribution is -0.119. The average Bonchev–Trinajstić information content (AvgIpc) is 3.22. The molecule has 0 spiro atoms. The number of aliphatic imine (C=N–C) groups is 1. The van der Waals surface area contributed by atoms with Crippen LogP contribution >= 0.6 is 0 Å². The van der Waals surface area contributed by atoms with Crippen LogP contribution in [0, 0.1) is 11.8 Å². The number of amidine groups is 1. The number of nitrogens with one attached hydrogen (secondary N) is 1. The van der Waals surface area contributed by atoms with Crippen molar-refractivity contribution in [3.8, 4) is 0 Å². The maximum Gasteiger partial charge on any atom is 0.333 e. The average molecular weight is 434 g/mol. The molecule has 4 rings (SSSR count). The predicted molar refractivity (Wildman–Crippen MR) is 112 cm³/mol. The molecule has 8 nitrogen and oxygen atoms in total. The number of amides is 1. The zero-order chi connectivity index (χ0) is 21.3. The molecule has 0 radical (unpaired) electrons. The van der Waals surface area contributed by atoms with Gasteiger partial charge in [-0.25, -0.2) is 5.14 Å². The van der Waals surface area contributed by atoms with E-state index < -0.39 is 16.4 Å². The van der Waals surface area contributed by atoms with Gasteiger partial charge in [-0.15, -0.1) is 0 Å². The topological polar surface area (TPSA) is 131 Å². The zero-order valence-corrected chi connectivity index (χ0v) is 17.5. The standard InChI is InChI=1S/C21H27N3O5S/c22-30(27,28)29-12-16-8-13(9-19(16)25)7-14-10-20(24-21(26)11-14)23-18-6-5-15-3-1-2-4-17(15)18/h1-4,10,13,16,18-19,25H,5-9,11-12H2,(H2,22,27,28)(H,23,24,26)/t13-,16+,18+,19+/m1/s1. The number of aliphatic hydroxyl groups excluding tert-OH is 1. The molecule has 162 valence electrons. The minimum absolute atomic E-state index is 0.0557. The van der Waals surface area contributed by atoms with Gasteiger partial charge in [0.25, 0.3) is 0 Å². The van der Waals surface area contributed by atoms with Crippen LogP contribution in [0.15, 0.2) is 40.9 Å². The predicted octanol–water partition coefficient (Wildman–Crippen LogP) is 1.52. The van der Waals surface area contributed by atoms with Gasteiger partial charge in [0, 0.05) is 12.3 Å². The fourth-order valence-corrected chi connectivity index (χ4v) is 5.19. The first-order valence-electron chi connectivity index (χ1n) is 10.3. The number of nitrogens with two attached hydrogens (primary N) is 1. The maximum absolute atomic E-state index is 12.2. The maximum atomic E-state index is 12.2. The van der Waals surface area contributed by atoms with Crippen LogP contribution < -0.4 is 10.5 Å². The Kier molecular flexibility index (Phi) is 6.06. The molecular weight excluding hydrogens is 406 g/mol. The van der Waals surface area contributed by atoms with Gasteiger partial charge in [0.1, 0.15) is 5.84 Å². The van der Waals surface area contributed by atoms with Crippen molar-refractivity contribution >= 4 is 22.0 Å². The lowest BCUT2D eigenvalue weighted by Gasteiger charge is -2.19. The van der Waals surface area contributed by atoms with Gasteiger partial charge < -0.3 is 10.4 Å². The summed E-state index contributed by atoms with van der Waals surface area (Å²) in [7, 11) is -4.02. The summed E-state index contributed by atoms with van der Waals surface area (Å²) in [6, 6.07) is 8.32. The van der Waals surface area contributed by atoms with Gasteiger partial charge >= 0.3 is 10.3 Å². The molecule has 0 bridgehead atoms. The number of hydrogen-bond acceptors (Lipinski definition) is 6. The molecule has 30 heavy (non-hydrogen) atoms. The first-order valence-corrected chi connectivity index (χ1v) is 11.7. The van der Waals surface area contributed by atoms with Crippen molar-refractivity contribution in [3.63, 3.8) is 0 Å². The van der Waals surface area contributed by atoms with Crippen LogP contribution in [-0.4, -0.2) is 38.0 Å². The number of carbonyl (C=O) groups excluding carboxylic acids is 1. The normalized spacial score (nSPS) is 30.3. The monoisotopic (exact) mass is 433 g/mol.